The van der Waals surface area contributed by atoms with Crippen LogP contribution in [0.3, 0.4) is 0 Å². The first-order valence-corrected chi connectivity index (χ1v) is 4.65. The molecule has 2 aromatic rings. The Morgan fingerprint density at radius 1 is 1.20 bits per heavy atom. The predicted octanol–water partition coefficient (Wildman–Crippen LogP) is 2.11. The quantitative estimate of drug-likeness (QED) is 0.779. The monoisotopic (exact) mass is 200 g/mol. The Bertz CT molecular complexity index is 450. The van der Waals surface area contributed by atoms with Crippen molar-refractivity contribution in [2.45, 2.75) is 6.92 Å². The average Bonchev–Trinajstić information content (AvgIpc) is 2.25. The zero-order valence-electron chi connectivity index (χ0n) is 8.44. The molecule has 4 heteroatoms. The largest absolute Gasteiger partial charge is 0.394 e. The van der Waals surface area contributed by atoms with Crippen LogP contribution < -0.4 is 11.1 Å². The van der Waals surface area contributed by atoms with Gasteiger partial charge in [-0.25, -0.2) is 9.97 Å². The second-order valence-corrected chi connectivity index (χ2v) is 3.32. The van der Waals surface area contributed by atoms with Crippen molar-refractivity contribution in [3.05, 3.63) is 42.4 Å². The highest BCUT2D eigenvalue weighted by Gasteiger charge is 1.99. The fraction of sp³-hybridized carbons (Fsp3) is 0.0909. The van der Waals surface area contributed by atoms with E-state index in [-0.39, 0.29) is 0 Å². The van der Waals surface area contributed by atoms with Crippen LogP contribution in [0.1, 0.15) is 5.56 Å². The number of nitrogen functional groups attached to an aromatic ring is 1. The molecule has 0 spiro atoms. The van der Waals surface area contributed by atoms with E-state index in [0.29, 0.717) is 11.5 Å². The molecule has 2 rings (SSSR count). The van der Waals surface area contributed by atoms with Crippen LogP contribution in [-0.2, 0) is 0 Å². The molecule has 4 nitrogen and oxygen atoms in total. The first kappa shape index (κ1) is 9.45. The zero-order chi connectivity index (χ0) is 10.7. The van der Waals surface area contributed by atoms with Crippen molar-refractivity contribution in [1.82, 2.24) is 9.97 Å². The highest BCUT2D eigenvalue weighted by molar-refractivity contribution is 5.67. The molecule has 0 aliphatic carbocycles. The van der Waals surface area contributed by atoms with Crippen LogP contribution in [0.15, 0.2) is 36.8 Å². The summed E-state index contributed by atoms with van der Waals surface area (Å²) in [4.78, 5) is 7.87. The third-order valence-electron chi connectivity index (χ3n) is 2.05. The van der Waals surface area contributed by atoms with Gasteiger partial charge in [0.15, 0.2) is 5.82 Å². The van der Waals surface area contributed by atoms with Crippen molar-refractivity contribution in [2.75, 3.05) is 11.1 Å². The van der Waals surface area contributed by atoms with E-state index in [1.165, 1.54) is 11.9 Å². The number of benzene rings is 1. The molecule has 1 aromatic carbocycles. The molecule has 0 unspecified atom stereocenters. The first-order chi connectivity index (χ1) is 7.25. The van der Waals surface area contributed by atoms with Gasteiger partial charge >= 0.3 is 0 Å². The third kappa shape index (κ3) is 2.22. The summed E-state index contributed by atoms with van der Waals surface area (Å²) >= 11 is 0. The molecule has 0 atom stereocenters. The highest BCUT2D eigenvalue weighted by atomic mass is 15.0. The van der Waals surface area contributed by atoms with E-state index >= 15 is 0 Å². The Kier molecular flexibility index (Phi) is 2.49. The molecule has 1 aromatic heterocycles. The van der Waals surface area contributed by atoms with E-state index in [4.69, 9.17) is 5.73 Å². The molecule has 0 aliphatic rings. The molecule has 0 saturated heterocycles. The summed E-state index contributed by atoms with van der Waals surface area (Å²) in [6, 6.07) is 8.02. The van der Waals surface area contributed by atoms with Crippen LogP contribution in [0.25, 0.3) is 0 Å². The summed E-state index contributed by atoms with van der Waals surface area (Å²) < 4.78 is 0. The van der Waals surface area contributed by atoms with Crippen LogP contribution in [0.4, 0.5) is 17.2 Å². The van der Waals surface area contributed by atoms with Crippen LogP contribution >= 0.6 is 0 Å². The minimum absolute atomic E-state index is 0.540. The van der Waals surface area contributed by atoms with Gasteiger partial charge in [0.1, 0.15) is 6.33 Å². The van der Waals surface area contributed by atoms with Gasteiger partial charge in [-0.2, -0.15) is 0 Å². The van der Waals surface area contributed by atoms with Gasteiger partial charge < -0.3 is 11.1 Å². The van der Waals surface area contributed by atoms with Gasteiger partial charge in [0.2, 0.25) is 0 Å². The Morgan fingerprint density at radius 3 is 2.60 bits per heavy atom. The highest BCUT2D eigenvalue weighted by Crippen LogP contribution is 2.18. The number of aromatic nitrogens is 2. The number of nitrogens with one attached hydrogen (secondary N) is 1. The average molecular weight is 200 g/mol. The first-order valence-electron chi connectivity index (χ1n) is 4.65. The molecule has 0 saturated carbocycles. The third-order valence-corrected chi connectivity index (χ3v) is 2.05. The van der Waals surface area contributed by atoms with E-state index in [1.807, 2.05) is 31.2 Å². The number of aryl methyl sites for hydroxylation is 1. The van der Waals surface area contributed by atoms with E-state index in [9.17, 15) is 0 Å². The van der Waals surface area contributed by atoms with Crippen molar-refractivity contribution < 1.29 is 0 Å². The Morgan fingerprint density at radius 2 is 1.93 bits per heavy atom. The Hall–Kier alpha value is -2.10. The van der Waals surface area contributed by atoms with Gasteiger partial charge in [0, 0.05) is 5.69 Å². The van der Waals surface area contributed by atoms with Crippen LogP contribution in [0.2, 0.25) is 0 Å². The summed E-state index contributed by atoms with van der Waals surface area (Å²) in [6.45, 7) is 2.04. The number of rotatable bonds is 2. The molecule has 76 valence electrons. The topological polar surface area (TPSA) is 63.8 Å². The van der Waals surface area contributed by atoms with Gasteiger partial charge in [-0.1, -0.05) is 17.7 Å². The number of nitrogens with zero attached hydrogens (tertiary/aromatic N) is 2. The smallest absolute Gasteiger partial charge is 0.157 e. The second kappa shape index (κ2) is 3.96. The lowest BCUT2D eigenvalue weighted by Crippen LogP contribution is -1.99. The van der Waals surface area contributed by atoms with Crippen LogP contribution in [0, 0.1) is 6.92 Å². The summed E-state index contributed by atoms with van der Waals surface area (Å²) in [5.74, 6) is 0.633. The number of hydrogen-bond donors (Lipinski definition) is 2. The zero-order valence-corrected chi connectivity index (χ0v) is 8.44. The number of hydrogen-bond acceptors (Lipinski definition) is 4. The molecular weight excluding hydrogens is 188 g/mol. The van der Waals surface area contributed by atoms with Crippen molar-refractivity contribution in [1.29, 1.82) is 0 Å². The molecule has 0 amide bonds. The Balaban J connectivity index is 2.22. The van der Waals surface area contributed by atoms with Gasteiger partial charge in [0.05, 0.1) is 11.9 Å². The lowest BCUT2D eigenvalue weighted by molar-refractivity contribution is 1.17. The number of anilines is 3. The minimum atomic E-state index is 0.540. The minimum Gasteiger partial charge on any atom is -0.394 e. The maximum Gasteiger partial charge on any atom is 0.157 e. The lowest BCUT2D eigenvalue weighted by atomic mass is 10.2. The second-order valence-electron chi connectivity index (χ2n) is 3.32. The van der Waals surface area contributed by atoms with E-state index in [0.717, 1.165) is 5.69 Å². The SMILES string of the molecule is Cc1ccc(Nc2ncncc2N)cc1. The normalized spacial score (nSPS) is 9.93. The maximum absolute atomic E-state index is 5.71. The standard InChI is InChI=1S/C11H12N4/c1-8-2-4-9(5-3-8)15-11-10(12)6-13-7-14-11/h2-7H,12H2,1H3,(H,13,14,15). The summed E-state index contributed by atoms with van der Waals surface area (Å²) in [5, 5.41) is 3.12. The summed E-state index contributed by atoms with van der Waals surface area (Å²) in [5.41, 5.74) is 8.43. The maximum atomic E-state index is 5.71. The molecule has 0 fully saturated rings. The van der Waals surface area contributed by atoms with Crippen molar-refractivity contribution >= 4 is 17.2 Å². The van der Waals surface area contributed by atoms with E-state index < -0.39 is 0 Å². The van der Waals surface area contributed by atoms with Crippen LogP contribution in [-0.4, -0.2) is 9.97 Å². The molecule has 15 heavy (non-hydrogen) atoms. The van der Waals surface area contributed by atoms with Crippen molar-refractivity contribution in [3.8, 4) is 0 Å². The molecule has 1 heterocycles. The van der Waals surface area contributed by atoms with Gasteiger partial charge in [-0.15, -0.1) is 0 Å². The van der Waals surface area contributed by atoms with Crippen molar-refractivity contribution in [2.24, 2.45) is 0 Å². The van der Waals surface area contributed by atoms with Crippen LogP contribution in [0.5, 0.6) is 0 Å². The molecular formula is C11H12N4. The molecule has 0 aliphatic heterocycles. The molecule has 0 radical (unpaired) electrons. The Labute approximate surface area is 88.2 Å². The van der Waals surface area contributed by atoms with Gasteiger partial charge in [-0.05, 0) is 19.1 Å². The number of nitrogens with two attached hydrogens (primary N) is 1. The van der Waals surface area contributed by atoms with E-state index in [2.05, 4.69) is 15.3 Å². The van der Waals surface area contributed by atoms with E-state index in [1.54, 1.807) is 6.20 Å². The predicted molar refractivity (Wildman–Crippen MR) is 60.9 cm³/mol. The van der Waals surface area contributed by atoms with Gasteiger partial charge in [0.25, 0.3) is 0 Å². The molecule has 0 bridgehead atoms. The fourth-order valence-electron chi connectivity index (χ4n) is 1.22. The van der Waals surface area contributed by atoms with Crippen molar-refractivity contribution in [3.63, 3.8) is 0 Å². The molecule has 3 N–H and O–H groups in total. The lowest BCUT2D eigenvalue weighted by Gasteiger charge is -2.07. The fourth-order valence-corrected chi connectivity index (χ4v) is 1.22. The summed E-state index contributed by atoms with van der Waals surface area (Å²) in [6.07, 6.45) is 3.04. The summed E-state index contributed by atoms with van der Waals surface area (Å²) in [7, 11) is 0. The van der Waals surface area contributed by atoms with Gasteiger partial charge in [-0.3, -0.25) is 0 Å².